The molecule has 3 aromatic rings. The number of nitrogens with one attached hydrogen (secondary N) is 2. The summed E-state index contributed by atoms with van der Waals surface area (Å²) in [5, 5.41) is 13.4. The van der Waals surface area contributed by atoms with Gasteiger partial charge in [0.25, 0.3) is 0 Å². The molecule has 0 saturated heterocycles. The van der Waals surface area contributed by atoms with E-state index in [0.717, 1.165) is 16.5 Å². The van der Waals surface area contributed by atoms with Crippen molar-refractivity contribution in [3.05, 3.63) is 41.2 Å². The predicted molar refractivity (Wildman–Crippen MR) is 78.0 cm³/mol. The van der Waals surface area contributed by atoms with E-state index >= 15 is 0 Å². The number of aromatic nitrogens is 5. The first-order valence-electron chi connectivity index (χ1n) is 6.00. The van der Waals surface area contributed by atoms with Gasteiger partial charge in [0.1, 0.15) is 10.8 Å². The molecule has 0 radical (unpaired) electrons. The minimum Gasteiger partial charge on any atom is -0.363 e. The second kappa shape index (κ2) is 5.66. The van der Waals surface area contributed by atoms with Crippen molar-refractivity contribution in [3.63, 3.8) is 0 Å². The molecule has 0 aliphatic rings. The molecule has 0 spiro atoms. The Hall–Kier alpha value is -2.48. The number of aryl methyl sites for hydroxylation is 1. The first kappa shape index (κ1) is 12.5. The molecule has 3 rings (SSSR count). The van der Waals surface area contributed by atoms with Crippen LogP contribution in [0.25, 0.3) is 0 Å². The first-order valence-corrected chi connectivity index (χ1v) is 6.88. The Labute approximate surface area is 119 Å². The van der Waals surface area contributed by atoms with E-state index in [4.69, 9.17) is 0 Å². The fraction of sp³-hybridized carbons (Fsp3) is 0.167. The van der Waals surface area contributed by atoms with E-state index in [-0.39, 0.29) is 0 Å². The van der Waals surface area contributed by atoms with E-state index in [0.29, 0.717) is 12.5 Å². The summed E-state index contributed by atoms with van der Waals surface area (Å²) < 4.78 is 1.72. The van der Waals surface area contributed by atoms with Gasteiger partial charge in [-0.25, -0.2) is 9.97 Å². The molecule has 3 aromatic heterocycles. The van der Waals surface area contributed by atoms with Gasteiger partial charge in [0.15, 0.2) is 0 Å². The van der Waals surface area contributed by atoms with Crippen LogP contribution < -0.4 is 10.6 Å². The van der Waals surface area contributed by atoms with Crippen LogP contribution in [0.15, 0.2) is 36.2 Å². The van der Waals surface area contributed by atoms with E-state index in [1.165, 1.54) is 0 Å². The SMILES string of the molecule is Cn1cc(Nc2nccc(NCc3nccs3)n2)cn1. The molecule has 0 amide bonds. The number of nitrogens with zero attached hydrogens (tertiary/aromatic N) is 5. The van der Waals surface area contributed by atoms with Gasteiger partial charge in [-0.1, -0.05) is 0 Å². The van der Waals surface area contributed by atoms with E-state index in [2.05, 4.69) is 30.7 Å². The fourth-order valence-electron chi connectivity index (χ4n) is 1.64. The van der Waals surface area contributed by atoms with Crippen molar-refractivity contribution < 1.29 is 0 Å². The zero-order chi connectivity index (χ0) is 13.8. The average Bonchev–Trinajstić information content (AvgIpc) is 3.09. The Morgan fingerprint density at radius 1 is 1.30 bits per heavy atom. The largest absolute Gasteiger partial charge is 0.363 e. The summed E-state index contributed by atoms with van der Waals surface area (Å²) in [7, 11) is 1.86. The van der Waals surface area contributed by atoms with Crippen LogP contribution in [-0.4, -0.2) is 24.7 Å². The monoisotopic (exact) mass is 287 g/mol. The highest BCUT2D eigenvalue weighted by Gasteiger charge is 2.02. The van der Waals surface area contributed by atoms with Gasteiger partial charge in [-0.15, -0.1) is 11.3 Å². The van der Waals surface area contributed by atoms with Gasteiger partial charge in [0.2, 0.25) is 5.95 Å². The van der Waals surface area contributed by atoms with Crippen molar-refractivity contribution in [1.82, 2.24) is 24.7 Å². The number of thiazole rings is 1. The summed E-state index contributed by atoms with van der Waals surface area (Å²) in [4.78, 5) is 12.8. The lowest BCUT2D eigenvalue weighted by molar-refractivity contribution is 0.768. The maximum Gasteiger partial charge on any atom is 0.229 e. The van der Waals surface area contributed by atoms with Gasteiger partial charge >= 0.3 is 0 Å². The van der Waals surface area contributed by atoms with Crippen molar-refractivity contribution in [2.24, 2.45) is 7.05 Å². The van der Waals surface area contributed by atoms with E-state index in [1.54, 1.807) is 34.6 Å². The molecule has 0 unspecified atom stereocenters. The molecule has 0 atom stereocenters. The first-order chi connectivity index (χ1) is 9.79. The van der Waals surface area contributed by atoms with Gasteiger partial charge < -0.3 is 10.6 Å². The normalized spacial score (nSPS) is 10.4. The third-order valence-electron chi connectivity index (χ3n) is 2.52. The second-order valence-corrected chi connectivity index (χ2v) is 5.05. The van der Waals surface area contributed by atoms with Crippen LogP contribution in [0.1, 0.15) is 5.01 Å². The molecule has 8 heteroatoms. The fourth-order valence-corrected chi connectivity index (χ4v) is 2.19. The molecule has 0 aliphatic heterocycles. The number of anilines is 3. The quantitative estimate of drug-likeness (QED) is 0.747. The Morgan fingerprint density at radius 2 is 2.25 bits per heavy atom. The minimum absolute atomic E-state index is 0.530. The molecule has 0 aromatic carbocycles. The van der Waals surface area contributed by atoms with Crippen LogP contribution in [0.2, 0.25) is 0 Å². The van der Waals surface area contributed by atoms with Crippen LogP contribution in [0.5, 0.6) is 0 Å². The molecule has 0 fully saturated rings. The van der Waals surface area contributed by atoms with Gasteiger partial charge in [-0.2, -0.15) is 10.1 Å². The summed E-state index contributed by atoms with van der Waals surface area (Å²) in [6.45, 7) is 0.654. The summed E-state index contributed by atoms with van der Waals surface area (Å²) in [6, 6.07) is 1.82. The lowest BCUT2D eigenvalue weighted by Gasteiger charge is -2.05. The summed E-state index contributed by atoms with van der Waals surface area (Å²) in [5.41, 5.74) is 0.851. The van der Waals surface area contributed by atoms with Crippen LogP contribution in [-0.2, 0) is 13.6 Å². The molecule has 102 valence electrons. The van der Waals surface area contributed by atoms with Crippen LogP contribution in [0.4, 0.5) is 17.5 Å². The third kappa shape index (κ3) is 3.09. The van der Waals surface area contributed by atoms with Gasteiger partial charge in [0.05, 0.1) is 18.4 Å². The minimum atomic E-state index is 0.530. The van der Waals surface area contributed by atoms with Crippen LogP contribution in [0, 0.1) is 0 Å². The van der Waals surface area contributed by atoms with Crippen molar-refractivity contribution in [1.29, 1.82) is 0 Å². The lowest BCUT2D eigenvalue weighted by atomic mass is 10.5. The Kier molecular flexibility index (Phi) is 3.55. The van der Waals surface area contributed by atoms with Gasteiger partial charge in [0, 0.05) is 31.0 Å². The maximum absolute atomic E-state index is 4.38. The standard InChI is InChI=1S/C12H13N7S/c1-19-8-9(6-16-19)17-12-14-3-2-10(18-12)15-7-11-13-4-5-20-11/h2-6,8H,7H2,1H3,(H2,14,15,17,18). The summed E-state index contributed by atoms with van der Waals surface area (Å²) >= 11 is 1.61. The van der Waals surface area contributed by atoms with E-state index < -0.39 is 0 Å². The van der Waals surface area contributed by atoms with Crippen molar-refractivity contribution in [2.45, 2.75) is 6.54 Å². The Bertz CT molecular complexity index is 677. The summed E-state index contributed by atoms with van der Waals surface area (Å²) in [5.74, 6) is 1.28. The molecular weight excluding hydrogens is 274 g/mol. The molecule has 0 bridgehead atoms. The molecular formula is C12H13N7S. The highest BCUT2D eigenvalue weighted by molar-refractivity contribution is 7.09. The third-order valence-corrected chi connectivity index (χ3v) is 3.30. The zero-order valence-electron chi connectivity index (χ0n) is 10.8. The van der Waals surface area contributed by atoms with Crippen LogP contribution in [0.3, 0.4) is 0 Å². The average molecular weight is 287 g/mol. The number of hydrogen-bond acceptors (Lipinski definition) is 7. The van der Waals surface area contributed by atoms with Crippen LogP contribution >= 0.6 is 11.3 Å². The molecule has 0 saturated carbocycles. The van der Waals surface area contributed by atoms with E-state index in [1.807, 2.05) is 24.7 Å². The van der Waals surface area contributed by atoms with E-state index in [9.17, 15) is 0 Å². The Morgan fingerprint density at radius 3 is 3.00 bits per heavy atom. The Balaban J connectivity index is 1.66. The molecule has 0 aliphatic carbocycles. The maximum atomic E-state index is 4.38. The van der Waals surface area contributed by atoms with Crippen molar-refractivity contribution in [2.75, 3.05) is 10.6 Å². The topological polar surface area (TPSA) is 80.5 Å². The predicted octanol–water partition coefficient (Wildman–Crippen LogP) is 2.02. The molecule has 20 heavy (non-hydrogen) atoms. The highest BCUT2D eigenvalue weighted by Crippen LogP contribution is 2.13. The molecule has 2 N–H and O–H groups in total. The second-order valence-electron chi connectivity index (χ2n) is 4.07. The molecule has 3 heterocycles. The van der Waals surface area contributed by atoms with Gasteiger partial charge in [-0.3, -0.25) is 4.68 Å². The zero-order valence-corrected chi connectivity index (χ0v) is 11.6. The van der Waals surface area contributed by atoms with Crippen molar-refractivity contribution >= 4 is 28.8 Å². The highest BCUT2D eigenvalue weighted by atomic mass is 32.1. The molecule has 7 nitrogen and oxygen atoms in total. The van der Waals surface area contributed by atoms with Gasteiger partial charge in [-0.05, 0) is 6.07 Å². The lowest BCUT2D eigenvalue weighted by Crippen LogP contribution is -2.03. The smallest absolute Gasteiger partial charge is 0.229 e. The van der Waals surface area contributed by atoms with Crippen molar-refractivity contribution in [3.8, 4) is 0 Å². The number of rotatable bonds is 5. The number of hydrogen-bond donors (Lipinski definition) is 2. The summed E-state index contributed by atoms with van der Waals surface area (Å²) in [6.07, 6.45) is 7.07.